The van der Waals surface area contributed by atoms with Gasteiger partial charge in [-0.1, -0.05) is 0 Å². The molecule has 0 atom stereocenters. The first-order valence-corrected chi connectivity index (χ1v) is 4.36. The van der Waals surface area contributed by atoms with Crippen molar-refractivity contribution in [3.8, 4) is 0 Å². The molecule has 0 spiro atoms. The quantitative estimate of drug-likeness (QED) is 0.752. The van der Waals surface area contributed by atoms with Gasteiger partial charge >= 0.3 is 5.97 Å². The number of hydrogen-bond acceptors (Lipinski definition) is 5. The number of halogens is 2. The standard InChI is InChI=1S/C9H11F2N3O2/c1-16-9(15)6-4(2-12)8(13)14-3-5(6)7(10)11/h3,7H,2,12H2,1H3,(H2,13,14). The number of pyridine rings is 1. The van der Waals surface area contributed by atoms with Crippen molar-refractivity contribution >= 4 is 11.8 Å². The normalized spacial score (nSPS) is 10.6. The highest BCUT2D eigenvalue weighted by molar-refractivity contribution is 5.94. The van der Waals surface area contributed by atoms with Crippen LogP contribution in [-0.4, -0.2) is 18.1 Å². The minimum absolute atomic E-state index is 0.0488. The first kappa shape index (κ1) is 12.3. The number of nitrogens with two attached hydrogens (primary N) is 2. The van der Waals surface area contributed by atoms with Gasteiger partial charge in [0.25, 0.3) is 6.43 Å². The van der Waals surface area contributed by atoms with Crippen molar-refractivity contribution in [2.24, 2.45) is 5.73 Å². The Balaban J connectivity index is 3.47. The van der Waals surface area contributed by atoms with E-state index in [0.29, 0.717) is 0 Å². The Morgan fingerprint density at radius 1 is 1.62 bits per heavy atom. The Labute approximate surface area is 90.4 Å². The third-order valence-corrected chi connectivity index (χ3v) is 2.07. The van der Waals surface area contributed by atoms with Crippen LogP contribution in [0, 0.1) is 0 Å². The molecule has 1 aromatic heterocycles. The van der Waals surface area contributed by atoms with E-state index in [1.165, 1.54) is 0 Å². The molecule has 0 unspecified atom stereocenters. The highest BCUT2D eigenvalue weighted by Gasteiger charge is 2.24. The van der Waals surface area contributed by atoms with Crippen LogP contribution < -0.4 is 11.5 Å². The van der Waals surface area contributed by atoms with Gasteiger partial charge in [-0.3, -0.25) is 0 Å². The molecule has 88 valence electrons. The Bertz CT molecular complexity index is 410. The molecule has 0 aromatic carbocycles. The number of methoxy groups -OCH3 is 1. The van der Waals surface area contributed by atoms with Crippen molar-refractivity contribution in [3.63, 3.8) is 0 Å². The monoisotopic (exact) mass is 231 g/mol. The number of aromatic nitrogens is 1. The highest BCUT2D eigenvalue weighted by atomic mass is 19.3. The fraction of sp³-hybridized carbons (Fsp3) is 0.333. The molecule has 0 aliphatic carbocycles. The van der Waals surface area contributed by atoms with Crippen molar-refractivity contribution in [2.45, 2.75) is 13.0 Å². The van der Waals surface area contributed by atoms with E-state index in [1.54, 1.807) is 0 Å². The minimum atomic E-state index is -2.84. The average molecular weight is 231 g/mol. The molecular formula is C9H11F2N3O2. The van der Waals surface area contributed by atoms with Crippen molar-refractivity contribution in [3.05, 3.63) is 22.9 Å². The molecule has 0 saturated carbocycles. The zero-order valence-electron chi connectivity index (χ0n) is 8.54. The van der Waals surface area contributed by atoms with E-state index in [4.69, 9.17) is 11.5 Å². The first-order chi connectivity index (χ1) is 7.52. The molecule has 16 heavy (non-hydrogen) atoms. The van der Waals surface area contributed by atoms with Gasteiger partial charge in [-0.05, 0) is 0 Å². The Morgan fingerprint density at radius 3 is 2.69 bits per heavy atom. The van der Waals surface area contributed by atoms with Gasteiger partial charge < -0.3 is 16.2 Å². The lowest BCUT2D eigenvalue weighted by molar-refractivity contribution is 0.0587. The van der Waals surface area contributed by atoms with Gasteiger partial charge in [0.05, 0.1) is 18.2 Å². The van der Waals surface area contributed by atoms with Gasteiger partial charge in [-0.2, -0.15) is 0 Å². The van der Waals surface area contributed by atoms with Crippen LogP contribution in [0.3, 0.4) is 0 Å². The summed E-state index contributed by atoms with van der Waals surface area (Å²) in [4.78, 5) is 14.9. The number of esters is 1. The van der Waals surface area contributed by atoms with Gasteiger partial charge in [-0.25, -0.2) is 18.6 Å². The average Bonchev–Trinajstić information content (AvgIpc) is 2.27. The fourth-order valence-electron chi connectivity index (χ4n) is 1.30. The maximum atomic E-state index is 12.6. The van der Waals surface area contributed by atoms with E-state index in [-0.39, 0.29) is 23.5 Å². The summed E-state index contributed by atoms with van der Waals surface area (Å²) in [6, 6.07) is 0. The summed E-state index contributed by atoms with van der Waals surface area (Å²) in [6.07, 6.45) is -1.99. The highest BCUT2D eigenvalue weighted by Crippen LogP contribution is 2.27. The lowest BCUT2D eigenvalue weighted by Gasteiger charge is -2.12. The summed E-state index contributed by atoms with van der Waals surface area (Å²) in [7, 11) is 1.09. The second-order valence-electron chi connectivity index (χ2n) is 2.95. The zero-order chi connectivity index (χ0) is 12.3. The molecule has 4 N–H and O–H groups in total. The summed E-state index contributed by atoms with van der Waals surface area (Å²) < 4.78 is 29.7. The number of carbonyl (C=O) groups excluding carboxylic acids is 1. The smallest absolute Gasteiger partial charge is 0.338 e. The second kappa shape index (κ2) is 4.84. The van der Waals surface area contributed by atoms with Crippen molar-refractivity contribution in [2.75, 3.05) is 12.8 Å². The van der Waals surface area contributed by atoms with E-state index in [0.717, 1.165) is 13.3 Å². The number of alkyl halides is 2. The van der Waals surface area contributed by atoms with Crippen LogP contribution in [0.4, 0.5) is 14.6 Å². The molecule has 0 amide bonds. The lowest BCUT2D eigenvalue weighted by Crippen LogP contribution is -2.16. The van der Waals surface area contributed by atoms with E-state index < -0.39 is 18.0 Å². The lowest BCUT2D eigenvalue weighted by atomic mass is 10.0. The van der Waals surface area contributed by atoms with Gasteiger partial charge in [0.2, 0.25) is 0 Å². The summed E-state index contributed by atoms with van der Waals surface area (Å²) in [6.45, 7) is -0.163. The number of hydrogen-bond donors (Lipinski definition) is 2. The van der Waals surface area contributed by atoms with Crippen LogP contribution in [0.15, 0.2) is 6.20 Å². The molecule has 1 heterocycles. The predicted molar refractivity (Wildman–Crippen MR) is 52.8 cm³/mol. The SMILES string of the molecule is COC(=O)c1c(C(F)F)cnc(N)c1CN. The molecular weight excluding hydrogens is 220 g/mol. The summed E-state index contributed by atoms with van der Waals surface area (Å²) in [5.41, 5.74) is 10.0. The minimum Gasteiger partial charge on any atom is -0.465 e. The zero-order valence-corrected chi connectivity index (χ0v) is 8.54. The number of anilines is 1. The molecule has 1 rings (SSSR count). The van der Waals surface area contributed by atoms with E-state index >= 15 is 0 Å². The Kier molecular flexibility index (Phi) is 3.73. The van der Waals surface area contributed by atoms with Gasteiger partial charge in [0.1, 0.15) is 5.82 Å². The van der Waals surface area contributed by atoms with E-state index in [1.807, 2.05) is 0 Å². The van der Waals surface area contributed by atoms with Crippen LogP contribution in [0.25, 0.3) is 0 Å². The van der Waals surface area contributed by atoms with Crippen LogP contribution >= 0.6 is 0 Å². The van der Waals surface area contributed by atoms with Gasteiger partial charge in [0.15, 0.2) is 0 Å². The van der Waals surface area contributed by atoms with Crippen molar-refractivity contribution < 1.29 is 18.3 Å². The van der Waals surface area contributed by atoms with Gasteiger partial charge in [0, 0.05) is 18.3 Å². The number of nitrogen functional groups attached to an aromatic ring is 1. The molecule has 1 aromatic rings. The van der Waals surface area contributed by atoms with Crippen LogP contribution in [0.5, 0.6) is 0 Å². The van der Waals surface area contributed by atoms with Crippen molar-refractivity contribution in [1.82, 2.24) is 4.98 Å². The summed E-state index contributed by atoms with van der Waals surface area (Å²) >= 11 is 0. The van der Waals surface area contributed by atoms with Crippen LogP contribution in [0.1, 0.15) is 27.9 Å². The largest absolute Gasteiger partial charge is 0.465 e. The molecule has 0 bridgehead atoms. The third kappa shape index (κ3) is 2.08. The second-order valence-corrected chi connectivity index (χ2v) is 2.95. The topological polar surface area (TPSA) is 91.2 Å². The van der Waals surface area contributed by atoms with Gasteiger partial charge in [-0.15, -0.1) is 0 Å². The van der Waals surface area contributed by atoms with Crippen LogP contribution in [0.2, 0.25) is 0 Å². The molecule has 0 fully saturated rings. The van der Waals surface area contributed by atoms with Crippen LogP contribution in [-0.2, 0) is 11.3 Å². The molecule has 0 aliphatic heterocycles. The molecule has 0 radical (unpaired) electrons. The molecule has 0 aliphatic rings. The predicted octanol–water partition coefficient (Wildman–Crippen LogP) is 0.847. The third-order valence-electron chi connectivity index (χ3n) is 2.07. The van der Waals surface area contributed by atoms with Crippen molar-refractivity contribution in [1.29, 1.82) is 0 Å². The maximum Gasteiger partial charge on any atom is 0.338 e. The first-order valence-electron chi connectivity index (χ1n) is 4.36. The number of ether oxygens (including phenoxy) is 1. The fourth-order valence-corrected chi connectivity index (χ4v) is 1.30. The number of carbonyl (C=O) groups is 1. The Hall–Kier alpha value is -1.76. The maximum absolute atomic E-state index is 12.6. The number of nitrogens with zero attached hydrogens (tertiary/aromatic N) is 1. The summed E-state index contributed by atoms with van der Waals surface area (Å²) in [5.74, 6) is -0.947. The summed E-state index contributed by atoms with van der Waals surface area (Å²) in [5, 5.41) is 0. The number of rotatable bonds is 3. The Morgan fingerprint density at radius 2 is 2.25 bits per heavy atom. The molecule has 0 saturated heterocycles. The van der Waals surface area contributed by atoms with E-state index in [9.17, 15) is 13.6 Å². The molecule has 5 nitrogen and oxygen atoms in total. The van der Waals surface area contributed by atoms with E-state index in [2.05, 4.69) is 9.72 Å². The molecule has 7 heteroatoms.